The van der Waals surface area contributed by atoms with Gasteiger partial charge in [-0.25, -0.2) is 13.2 Å². The van der Waals surface area contributed by atoms with Gasteiger partial charge in [-0.3, -0.25) is 4.79 Å². The Kier molecular flexibility index (Phi) is 6.05. The van der Waals surface area contributed by atoms with Gasteiger partial charge in [-0.15, -0.1) is 0 Å². The number of halogens is 4. The third kappa shape index (κ3) is 4.45. The largest absolute Gasteiger partial charge is 0.478 e. The molecule has 0 spiro atoms. The minimum atomic E-state index is -4.75. The molecule has 0 aliphatic heterocycles. The van der Waals surface area contributed by atoms with Gasteiger partial charge in [-0.2, -0.15) is 13.2 Å². The van der Waals surface area contributed by atoms with Crippen molar-refractivity contribution in [3.8, 4) is 0 Å². The second-order valence-corrected chi connectivity index (χ2v) is 8.02. The van der Waals surface area contributed by atoms with Crippen LogP contribution in [0.15, 0.2) is 52.3 Å². The Bertz CT molecular complexity index is 1040. The molecule has 1 atom stereocenters. The second-order valence-electron chi connectivity index (χ2n) is 5.70. The van der Waals surface area contributed by atoms with Gasteiger partial charge in [0, 0.05) is 0 Å². The van der Waals surface area contributed by atoms with E-state index in [0.29, 0.717) is 6.92 Å². The van der Waals surface area contributed by atoms with Crippen LogP contribution in [-0.2, 0) is 14.6 Å². The van der Waals surface area contributed by atoms with Crippen molar-refractivity contribution in [2.75, 3.05) is 5.32 Å². The third-order valence-electron chi connectivity index (χ3n) is 3.80. The fraction of sp³-hybridized carbons (Fsp3) is 0.176. The molecule has 0 saturated carbocycles. The topological polar surface area (TPSA) is 101 Å². The van der Waals surface area contributed by atoms with E-state index in [4.69, 9.17) is 16.7 Å². The highest BCUT2D eigenvalue weighted by Gasteiger charge is 2.41. The Morgan fingerprint density at radius 1 is 1.14 bits per heavy atom. The van der Waals surface area contributed by atoms with Gasteiger partial charge in [0.15, 0.2) is 0 Å². The van der Waals surface area contributed by atoms with Crippen LogP contribution in [0, 0.1) is 5.92 Å². The summed E-state index contributed by atoms with van der Waals surface area (Å²) in [5.74, 6) is -5.11. The molecule has 11 heteroatoms. The molecular formula is C17H13ClF3NO5S. The number of carbonyl (C=O) groups excluding carboxylic acids is 1. The van der Waals surface area contributed by atoms with Gasteiger partial charge in [-0.1, -0.05) is 23.7 Å². The average molecular weight is 436 g/mol. The van der Waals surface area contributed by atoms with Crippen molar-refractivity contribution in [2.45, 2.75) is 22.9 Å². The first kappa shape index (κ1) is 21.7. The number of amides is 1. The van der Waals surface area contributed by atoms with Gasteiger partial charge in [0.1, 0.15) is 5.92 Å². The van der Waals surface area contributed by atoms with Crippen LogP contribution in [0.25, 0.3) is 0 Å². The lowest BCUT2D eigenvalue weighted by Crippen LogP contribution is -2.32. The lowest BCUT2D eigenvalue weighted by atomic mass is 10.1. The first-order valence-corrected chi connectivity index (χ1v) is 9.46. The van der Waals surface area contributed by atoms with E-state index in [-0.39, 0.29) is 15.6 Å². The number of carbonyl (C=O) groups is 2. The number of sulfone groups is 1. The minimum absolute atomic E-state index is 0.215. The Morgan fingerprint density at radius 2 is 1.75 bits per heavy atom. The summed E-state index contributed by atoms with van der Waals surface area (Å²) in [6.45, 7) is 0.672. The molecule has 0 aliphatic rings. The number of hydrogen-bond donors (Lipinski definition) is 2. The van der Waals surface area contributed by atoms with Gasteiger partial charge >= 0.3 is 12.1 Å². The SMILES string of the molecule is C[C@H](C(=O)Nc1ccc(S(=O)(=O)c2ccccc2C(=O)O)cc1Cl)C(F)(F)F. The Labute approximate surface area is 162 Å². The predicted molar refractivity (Wildman–Crippen MR) is 94.2 cm³/mol. The number of carboxylic acids is 1. The number of aromatic carboxylic acids is 1. The molecular weight excluding hydrogens is 423 g/mol. The molecule has 0 fully saturated rings. The summed E-state index contributed by atoms with van der Waals surface area (Å²) < 4.78 is 63.2. The molecule has 0 bridgehead atoms. The molecule has 2 aromatic carbocycles. The van der Waals surface area contributed by atoms with Gasteiger partial charge in [-0.05, 0) is 37.3 Å². The van der Waals surface area contributed by atoms with Crippen LogP contribution in [0.3, 0.4) is 0 Å². The lowest BCUT2D eigenvalue weighted by Gasteiger charge is -2.16. The van der Waals surface area contributed by atoms with Crippen molar-refractivity contribution in [1.29, 1.82) is 0 Å². The van der Waals surface area contributed by atoms with Crippen molar-refractivity contribution in [1.82, 2.24) is 0 Å². The minimum Gasteiger partial charge on any atom is -0.478 e. The van der Waals surface area contributed by atoms with Crippen LogP contribution in [0.1, 0.15) is 17.3 Å². The Balaban J connectivity index is 2.39. The summed E-state index contributed by atoms with van der Waals surface area (Å²) in [6, 6.07) is 7.87. The number of anilines is 1. The number of alkyl halides is 3. The van der Waals surface area contributed by atoms with Gasteiger partial charge in [0.05, 0.1) is 26.1 Å². The summed E-state index contributed by atoms with van der Waals surface area (Å²) in [5, 5.41) is 10.8. The summed E-state index contributed by atoms with van der Waals surface area (Å²) in [5.41, 5.74) is -0.664. The molecule has 0 radical (unpaired) electrons. The molecule has 0 unspecified atom stereocenters. The van der Waals surface area contributed by atoms with Crippen molar-refractivity contribution >= 4 is 39.0 Å². The maximum atomic E-state index is 12.7. The summed E-state index contributed by atoms with van der Waals surface area (Å²) in [4.78, 5) is 22.1. The highest BCUT2D eigenvalue weighted by molar-refractivity contribution is 7.91. The molecule has 150 valence electrons. The van der Waals surface area contributed by atoms with E-state index in [0.717, 1.165) is 30.3 Å². The van der Waals surface area contributed by atoms with E-state index in [1.807, 2.05) is 5.32 Å². The first-order chi connectivity index (χ1) is 12.9. The summed E-state index contributed by atoms with van der Waals surface area (Å²) in [6.07, 6.45) is -4.75. The molecule has 6 nitrogen and oxygen atoms in total. The standard InChI is InChI=1S/C17H13ClF3NO5S/c1-9(17(19,20)21)15(23)22-13-7-6-10(8-12(13)18)28(26,27)14-5-3-2-4-11(14)16(24)25/h2-9H,1H3,(H,22,23)(H,24,25)/t9-/m1/s1. The van der Waals surface area contributed by atoms with Crippen molar-refractivity contribution < 1.29 is 36.3 Å². The second kappa shape index (κ2) is 7.80. The Hall–Kier alpha value is -2.59. The van der Waals surface area contributed by atoms with Crippen molar-refractivity contribution in [3.63, 3.8) is 0 Å². The number of benzene rings is 2. The fourth-order valence-electron chi connectivity index (χ4n) is 2.16. The van der Waals surface area contributed by atoms with E-state index < -0.39 is 44.3 Å². The lowest BCUT2D eigenvalue weighted by molar-refractivity contribution is -0.175. The van der Waals surface area contributed by atoms with Crippen molar-refractivity contribution in [3.05, 3.63) is 53.1 Å². The summed E-state index contributed by atoms with van der Waals surface area (Å²) in [7, 11) is -4.28. The van der Waals surface area contributed by atoms with E-state index in [1.54, 1.807) is 0 Å². The zero-order valence-corrected chi connectivity index (χ0v) is 15.7. The first-order valence-electron chi connectivity index (χ1n) is 7.60. The van der Waals surface area contributed by atoms with E-state index in [2.05, 4.69) is 0 Å². The van der Waals surface area contributed by atoms with Crippen molar-refractivity contribution in [2.24, 2.45) is 5.92 Å². The maximum Gasteiger partial charge on any atom is 0.400 e. The fourth-order valence-corrected chi connectivity index (χ4v) is 3.93. The zero-order chi connectivity index (χ0) is 21.3. The van der Waals surface area contributed by atoms with E-state index >= 15 is 0 Å². The van der Waals surface area contributed by atoms with E-state index in [9.17, 15) is 31.2 Å². The van der Waals surface area contributed by atoms with Gasteiger partial charge in [0.25, 0.3) is 0 Å². The molecule has 0 aliphatic carbocycles. The average Bonchev–Trinajstić information content (AvgIpc) is 2.61. The molecule has 2 rings (SSSR count). The number of nitrogens with one attached hydrogen (secondary N) is 1. The molecule has 1 amide bonds. The quantitative estimate of drug-likeness (QED) is 0.739. The zero-order valence-electron chi connectivity index (χ0n) is 14.1. The molecule has 2 aromatic rings. The normalized spacial score (nSPS) is 13.0. The van der Waals surface area contributed by atoms with Crippen LogP contribution in [-0.4, -0.2) is 31.6 Å². The van der Waals surface area contributed by atoms with E-state index in [1.165, 1.54) is 12.1 Å². The molecule has 28 heavy (non-hydrogen) atoms. The predicted octanol–water partition coefficient (Wildman–Crippen LogP) is 4.01. The Morgan fingerprint density at radius 3 is 2.29 bits per heavy atom. The highest BCUT2D eigenvalue weighted by atomic mass is 35.5. The van der Waals surface area contributed by atoms with Gasteiger partial charge < -0.3 is 10.4 Å². The van der Waals surface area contributed by atoms with Crippen LogP contribution < -0.4 is 5.32 Å². The number of rotatable bonds is 5. The molecule has 0 aromatic heterocycles. The van der Waals surface area contributed by atoms with Crippen LogP contribution in [0.4, 0.5) is 18.9 Å². The molecule has 2 N–H and O–H groups in total. The number of hydrogen-bond acceptors (Lipinski definition) is 4. The maximum absolute atomic E-state index is 12.7. The molecule has 0 saturated heterocycles. The third-order valence-corrected chi connectivity index (χ3v) is 5.92. The molecule has 0 heterocycles. The van der Waals surface area contributed by atoms with Crippen LogP contribution in [0.2, 0.25) is 5.02 Å². The number of carboxylic acid groups (broad SMARTS) is 1. The monoisotopic (exact) mass is 435 g/mol. The van der Waals surface area contributed by atoms with Gasteiger partial charge in [0.2, 0.25) is 15.7 Å². The van der Waals surface area contributed by atoms with Crippen LogP contribution in [0.5, 0.6) is 0 Å². The highest BCUT2D eigenvalue weighted by Crippen LogP contribution is 2.32. The smallest absolute Gasteiger partial charge is 0.400 e. The summed E-state index contributed by atoms with van der Waals surface area (Å²) >= 11 is 5.91. The van der Waals surface area contributed by atoms with Crippen LogP contribution >= 0.6 is 11.6 Å².